The third kappa shape index (κ3) is 4.17. The third-order valence-corrected chi connectivity index (χ3v) is 4.97. The number of carbonyl (C=O) groups is 2. The van der Waals surface area contributed by atoms with Gasteiger partial charge in [0.25, 0.3) is 0 Å². The van der Waals surface area contributed by atoms with Crippen molar-refractivity contribution in [1.29, 1.82) is 0 Å². The van der Waals surface area contributed by atoms with Crippen LogP contribution in [0.4, 0.5) is 16.2 Å². The van der Waals surface area contributed by atoms with Crippen LogP contribution < -0.4 is 10.6 Å². The van der Waals surface area contributed by atoms with E-state index in [1.807, 2.05) is 50.2 Å². The van der Waals surface area contributed by atoms with Gasteiger partial charge in [-0.25, -0.2) is 4.79 Å². The predicted molar refractivity (Wildman–Crippen MR) is 105 cm³/mol. The Labute approximate surface area is 158 Å². The van der Waals surface area contributed by atoms with Crippen molar-refractivity contribution >= 4 is 34.9 Å². The van der Waals surface area contributed by atoms with Crippen molar-refractivity contribution in [3.63, 3.8) is 0 Å². The highest BCUT2D eigenvalue weighted by Crippen LogP contribution is 2.23. The van der Waals surface area contributed by atoms with E-state index >= 15 is 0 Å². The fourth-order valence-electron chi connectivity index (χ4n) is 3.01. The second kappa shape index (κ2) is 7.79. The molecule has 0 bridgehead atoms. The molecule has 1 fully saturated rings. The summed E-state index contributed by atoms with van der Waals surface area (Å²) in [4.78, 5) is 26.8. The van der Waals surface area contributed by atoms with E-state index in [0.717, 1.165) is 23.2 Å². The minimum absolute atomic E-state index is 0.193. The van der Waals surface area contributed by atoms with E-state index in [1.165, 1.54) is 0 Å². The number of benzene rings is 2. The maximum atomic E-state index is 12.6. The van der Waals surface area contributed by atoms with Crippen LogP contribution in [0.5, 0.6) is 0 Å². The molecule has 2 N–H and O–H groups in total. The molecule has 6 heteroatoms. The molecule has 0 spiro atoms. The van der Waals surface area contributed by atoms with E-state index in [1.54, 1.807) is 11.0 Å². The summed E-state index contributed by atoms with van der Waals surface area (Å²) in [7, 11) is 0. The van der Waals surface area contributed by atoms with Gasteiger partial charge in [-0.05, 0) is 56.5 Å². The van der Waals surface area contributed by atoms with E-state index in [2.05, 4.69) is 10.6 Å². The van der Waals surface area contributed by atoms with Crippen LogP contribution in [-0.4, -0.2) is 29.4 Å². The summed E-state index contributed by atoms with van der Waals surface area (Å²) in [6, 6.07) is 12.2. The SMILES string of the molecule is Cc1ccc(NC(=O)N2CCC[C@@H]2C(=O)Nc2ccc(C)c(Cl)c2)cc1. The van der Waals surface area contributed by atoms with Crippen molar-refractivity contribution in [3.05, 3.63) is 58.6 Å². The largest absolute Gasteiger partial charge is 0.324 e. The molecule has 1 aliphatic rings. The van der Waals surface area contributed by atoms with Crippen LogP contribution in [0.2, 0.25) is 5.02 Å². The molecule has 136 valence electrons. The van der Waals surface area contributed by atoms with Crippen LogP contribution >= 0.6 is 11.6 Å². The van der Waals surface area contributed by atoms with Gasteiger partial charge in [0.2, 0.25) is 5.91 Å². The Bertz CT molecular complexity index is 820. The number of rotatable bonds is 3. The second-order valence-electron chi connectivity index (χ2n) is 6.60. The van der Waals surface area contributed by atoms with Crippen LogP contribution in [0, 0.1) is 13.8 Å². The van der Waals surface area contributed by atoms with Crippen molar-refractivity contribution in [2.75, 3.05) is 17.2 Å². The van der Waals surface area contributed by atoms with Crippen molar-refractivity contribution in [1.82, 2.24) is 4.90 Å². The fraction of sp³-hybridized carbons (Fsp3) is 0.300. The van der Waals surface area contributed by atoms with Crippen molar-refractivity contribution < 1.29 is 9.59 Å². The van der Waals surface area contributed by atoms with Crippen LogP contribution in [0.1, 0.15) is 24.0 Å². The van der Waals surface area contributed by atoms with Gasteiger partial charge in [-0.15, -0.1) is 0 Å². The summed E-state index contributed by atoms with van der Waals surface area (Å²) >= 11 is 6.11. The average Bonchev–Trinajstić information content (AvgIpc) is 3.10. The zero-order chi connectivity index (χ0) is 18.7. The first-order valence-corrected chi connectivity index (χ1v) is 9.03. The minimum atomic E-state index is -0.486. The molecule has 0 aromatic heterocycles. The number of likely N-dealkylation sites (tertiary alicyclic amines) is 1. The highest BCUT2D eigenvalue weighted by Gasteiger charge is 2.34. The lowest BCUT2D eigenvalue weighted by atomic mass is 10.2. The van der Waals surface area contributed by atoms with Gasteiger partial charge in [0.15, 0.2) is 0 Å². The molecular weight excluding hydrogens is 350 g/mol. The highest BCUT2D eigenvalue weighted by atomic mass is 35.5. The van der Waals surface area contributed by atoms with Gasteiger partial charge in [0, 0.05) is 22.9 Å². The summed E-state index contributed by atoms with van der Waals surface area (Å²) in [5.41, 5.74) is 3.43. The second-order valence-corrected chi connectivity index (χ2v) is 7.01. The Morgan fingerprint density at radius 1 is 1.04 bits per heavy atom. The monoisotopic (exact) mass is 371 g/mol. The maximum absolute atomic E-state index is 12.6. The van der Waals surface area contributed by atoms with Gasteiger partial charge in [-0.1, -0.05) is 35.4 Å². The Balaban J connectivity index is 1.66. The molecule has 5 nitrogen and oxygen atoms in total. The van der Waals surface area contributed by atoms with Crippen LogP contribution in [0.25, 0.3) is 0 Å². The number of amides is 3. The molecule has 0 saturated carbocycles. The highest BCUT2D eigenvalue weighted by molar-refractivity contribution is 6.31. The summed E-state index contributed by atoms with van der Waals surface area (Å²) in [5.74, 6) is -0.193. The van der Waals surface area contributed by atoms with E-state index in [9.17, 15) is 9.59 Å². The number of anilines is 2. The van der Waals surface area contributed by atoms with E-state index < -0.39 is 6.04 Å². The molecule has 26 heavy (non-hydrogen) atoms. The van der Waals surface area contributed by atoms with Crippen LogP contribution in [0.15, 0.2) is 42.5 Å². The quantitative estimate of drug-likeness (QED) is 0.828. The van der Waals surface area contributed by atoms with Crippen molar-refractivity contribution in [3.8, 4) is 0 Å². The molecular formula is C20H22ClN3O2. The molecule has 3 rings (SSSR count). The normalized spacial score (nSPS) is 16.4. The molecule has 0 aliphatic carbocycles. The lowest BCUT2D eigenvalue weighted by Crippen LogP contribution is -2.45. The Morgan fingerprint density at radius 2 is 1.73 bits per heavy atom. The third-order valence-electron chi connectivity index (χ3n) is 4.56. The van der Waals surface area contributed by atoms with Gasteiger partial charge in [0.1, 0.15) is 6.04 Å². The predicted octanol–water partition coefficient (Wildman–Crippen LogP) is 4.59. The average molecular weight is 372 g/mol. The number of halogens is 1. The molecule has 0 unspecified atom stereocenters. The number of hydrogen-bond donors (Lipinski definition) is 2. The molecule has 1 heterocycles. The van der Waals surface area contributed by atoms with E-state index in [-0.39, 0.29) is 11.9 Å². The Kier molecular flexibility index (Phi) is 5.47. The summed E-state index contributed by atoms with van der Waals surface area (Å²) in [6.07, 6.45) is 1.45. The zero-order valence-corrected chi connectivity index (χ0v) is 15.6. The molecule has 1 saturated heterocycles. The molecule has 3 amide bonds. The number of aryl methyl sites for hydroxylation is 2. The van der Waals surface area contributed by atoms with Crippen LogP contribution in [0.3, 0.4) is 0 Å². The summed E-state index contributed by atoms with van der Waals surface area (Å²) in [5, 5.41) is 6.33. The van der Waals surface area contributed by atoms with Gasteiger partial charge in [-0.3, -0.25) is 4.79 Å². The fourth-order valence-corrected chi connectivity index (χ4v) is 3.19. The number of hydrogen-bond acceptors (Lipinski definition) is 2. The first kappa shape index (κ1) is 18.3. The first-order valence-electron chi connectivity index (χ1n) is 8.65. The Morgan fingerprint density at radius 3 is 2.42 bits per heavy atom. The van der Waals surface area contributed by atoms with Crippen molar-refractivity contribution in [2.45, 2.75) is 32.7 Å². The molecule has 1 aliphatic heterocycles. The lowest BCUT2D eigenvalue weighted by Gasteiger charge is -2.24. The smallest absolute Gasteiger partial charge is 0.322 e. The van der Waals surface area contributed by atoms with E-state index in [4.69, 9.17) is 11.6 Å². The Hall–Kier alpha value is -2.53. The number of nitrogens with zero attached hydrogens (tertiary/aromatic N) is 1. The number of carbonyl (C=O) groups excluding carboxylic acids is 2. The first-order chi connectivity index (χ1) is 12.4. The molecule has 2 aromatic rings. The van der Waals surface area contributed by atoms with Gasteiger partial charge >= 0.3 is 6.03 Å². The maximum Gasteiger partial charge on any atom is 0.322 e. The van der Waals surface area contributed by atoms with Crippen LogP contribution in [-0.2, 0) is 4.79 Å². The van der Waals surface area contributed by atoms with Gasteiger partial charge < -0.3 is 15.5 Å². The zero-order valence-electron chi connectivity index (χ0n) is 14.9. The molecule has 1 atom stereocenters. The summed E-state index contributed by atoms with van der Waals surface area (Å²) < 4.78 is 0. The topological polar surface area (TPSA) is 61.4 Å². The van der Waals surface area contributed by atoms with Gasteiger partial charge in [-0.2, -0.15) is 0 Å². The van der Waals surface area contributed by atoms with Gasteiger partial charge in [0.05, 0.1) is 0 Å². The summed E-state index contributed by atoms with van der Waals surface area (Å²) in [6.45, 7) is 4.45. The molecule has 2 aromatic carbocycles. The number of nitrogens with one attached hydrogen (secondary N) is 2. The standard InChI is InChI=1S/C20H22ClN3O2/c1-13-5-8-15(9-6-13)23-20(26)24-11-3-4-18(24)19(25)22-16-10-7-14(2)17(21)12-16/h5-10,12,18H,3-4,11H2,1-2H3,(H,22,25)(H,23,26)/t18-/m1/s1. The van der Waals surface area contributed by atoms with E-state index in [0.29, 0.717) is 23.7 Å². The minimum Gasteiger partial charge on any atom is -0.324 e. The molecule has 0 radical (unpaired) electrons. The van der Waals surface area contributed by atoms with Crippen molar-refractivity contribution in [2.24, 2.45) is 0 Å². The number of urea groups is 1. The lowest BCUT2D eigenvalue weighted by molar-refractivity contribution is -0.119.